The molecule has 0 spiro atoms. The molecule has 1 heterocycles. The molecule has 29 heavy (non-hydrogen) atoms. The number of benzene rings is 2. The molecule has 1 aromatic heterocycles. The number of imidazole rings is 1. The van der Waals surface area contributed by atoms with E-state index < -0.39 is 0 Å². The number of nitrogens with zero attached hydrogens (tertiary/aromatic N) is 2. The van der Waals surface area contributed by atoms with E-state index in [-0.39, 0.29) is 11.8 Å². The third-order valence-corrected chi connectivity index (χ3v) is 5.39. The molecular weight excluding hydrogens is 362 g/mol. The van der Waals surface area contributed by atoms with E-state index in [1.807, 2.05) is 36.4 Å². The molecule has 1 N–H and O–H groups in total. The Bertz CT molecular complexity index is 944. The highest BCUT2D eigenvalue weighted by atomic mass is 16.5. The van der Waals surface area contributed by atoms with Crippen LogP contribution in [0.4, 0.5) is 0 Å². The van der Waals surface area contributed by atoms with E-state index in [1.165, 1.54) is 0 Å². The first-order valence-electron chi connectivity index (χ1n) is 10.5. The second-order valence-corrected chi connectivity index (χ2v) is 7.37. The van der Waals surface area contributed by atoms with Crippen LogP contribution < -0.4 is 10.1 Å². The Morgan fingerprint density at radius 2 is 1.83 bits per heavy atom. The predicted octanol–water partition coefficient (Wildman–Crippen LogP) is 4.87. The van der Waals surface area contributed by atoms with Crippen molar-refractivity contribution in [2.45, 2.75) is 53.1 Å². The molecule has 5 heteroatoms. The molecule has 0 saturated carbocycles. The van der Waals surface area contributed by atoms with Crippen LogP contribution in [0.15, 0.2) is 48.5 Å². The summed E-state index contributed by atoms with van der Waals surface area (Å²) >= 11 is 0. The number of hydrogen-bond donors (Lipinski definition) is 1. The number of amides is 1. The van der Waals surface area contributed by atoms with E-state index in [9.17, 15) is 4.79 Å². The molecule has 0 aliphatic carbocycles. The summed E-state index contributed by atoms with van der Waals surface area (Å²) in [5.41, 5.74) is 3.19. The second kappa shape index (κ2) is 10.1. The number of aryl methyl sites for hydroxylation is 2. The van der Waals surface area contributed by atoms with Gasteiger partial charge >= 0.3 is 0 Å². The average molecular weight is 394 g/mol. The topological polar surface area (TPSA) is 56.2 Å². The summed E-state index contributed by atoms with van der Waals surface area (Å²) in [6, 6.07) is 16.2. The molecule has 3 aromatic rings. The lowest BCUT2D eigenvalue weighted by Crippen LogP contribution is -2.30. The minimum Gasteiger partial charge on any atom is -0.493 e. The summed E-state index contributed by atoms with van der Waals surface area (Å²) in [6.07, 6.45) is 2.58. The third-order valence-electron chi connectivity index (χ3n) is 5.39. The van der Waals surface area contributed by atoms with Crippen LogP contribution >= 0.6 is 0 Å². The van der Waals surface area contributed by atoms with Crippen molar-refractivity contribution in [2.75, 3.05) is 6.61 Å². The molecule has 0 aliphatic heterocycles. The molecule has 0 fully saturated rings. The third kappa shape index (κ3) is 5.17. The summed E-state index contributed by atoms with van der Waals surface area (Å²) in [5, 5.41) is 3.07. The zero-order valence-electron chi connectivity index (χ0n) is 17.6. The lowest BCUT2D eigenvalue weighted by molar-refractivity contribution is -0.125. The van der Waals surface area contributed by atoms with Gasteiger partial charge in [-0.15, -0.1) is 0 Å². The quantitative estimate of drug-likeness (QED) is 0.500. The molecule has 0 atom stereocenters. The molecule has 2 aromatic carbocycles. The van der Waals surface area contributed by atoms with Gasteiger partial charge in [0.15, 0.2) is 0 Å². The van der Waals surface area contributed by atoms with E-state index in [0.717, 1.165) is 54.0 Å². The van der Waals surface area contributed by atoms with Crippen molar-refractivity contribution in [2.24, 2.45) is 5.92 Å². The van der Waals surface area contributed by atoms with Gasteiger partial charge in [0, 0.05) is 12.5 Å². The van der Waals surface area contributed by atoms with Gasteiger partial charge in [-0.25, -0.2) is 4.98 Å². The number of carbonyl (C=O) groups excluding carboxylic acids is 1. The van der Waals surface area contributed by atoms with E-state index in [1.54, 1.807) is 0 Å². The Balaban J connectivity index is 1.66. The summed E-state index contributed by atoms with van der Waals surface area (Å²) in [6.45, 7) is 8.04. The molecule has 0 radical (unpaired) electrons. The first kappa shape index (κ1) is 20.9. The Kier molecular flexibility index (Phi) is 7.28. The fraction of sp³-hybridized carbons (Fsp3) is 0.417. The lowest BCUT2D eigenvalue weighted by Gasteiger charge is -2.14. The highest BCUT2D eigenvalue weighted by Crippen LogP contribution is 2.19. The Morgan fingerprint density at radius 3 is 2.59 bits per heavy atom. The van der Waals surface area contributed by atoms with Gasteiger partial charge in [-0.05, 0) is 49.9 Å². The summed E-state index contributed by atoms with van der Waals surface area (Å²) in [4.78, 5) is 17.1. The largest absolute Gasteiger partial charge is 0.493 e. The molecule has 1 amide bonds. The minimum atomic E-state index is 0.0651. The van der Waals surface area contributed by atoms with Gasteiger partial charge in [-0.2, -0.15) is 0 Å². The van der Waals surface area contributed by atoms with Crippen LogP contribution in [0.2, 0.25) is 0 Å². The molecule has 0 aliphatic rings. The van der Waals surface area contributed by atoms with Gasteiger partial charge in [0.25, 0.3) is 0 Å². The van der Waals surface area contributed by atoms with Crippen LogP contribution in [-0.2, 0) is 17.9 Å². The van der Waals surface area contributed by atoms with Crippen molar-refractivity contribution < 1.29 is 9.53 Å². The van der Waals surface area contributed by atoms with Crippen LogP contribution in [-0.4, -0.2) is 22.1 Å². The zero-order chi connectivity index (χ0) is 20.6. The average Bonchev–Trinajstić information content (AvgIpc) is 3.09. The number of para-hydroxylation sites is 3. The standard InChI is InChI=1S/C24H31N3O2/c1-4-19(5-2)24(28)25-17-23-26-20-12-7-8-13-21(20)27(23)15-10-16-29-22-14-9-6-11-18(22)3/h6-9,11-14,19H,4-5,10,15-17H2,1-3H3,(H,25,28). The highest BCUT2D eigenvalue weighted by Gasteiger charge is 2.16. The van der Waals surface area contributed by atoms with Gasteiger partial charge in [0.2, 0.25) is 5.91 Å². The molecule has 3 rings (SSSR count). The van der Waals surface area contributed by atoms with Crippen molar-refractivity contribution in [3.05, 3.63) is 59.9 Å². The maximum Gasteiger partial charge on any atom is 0.223 e. The van der Waals surface area contributed by atoms with E-state index >= 15 is 0 Å². The second-order valence-electron chi connectivity index (χ2n) is 7.37. The van der Waals surface area contributed by atoms with Gasteiger partial charge in [0.05, 0.1) is 24.2 Å². The maximum absolute atomic E-state index is 12.4. The van der Waals surface area contributed by atoms with E-state index in [0.29, 0.717) is 13.2 Å². The van der Waals surface area contributed by atoms with Crippen molar-refractivity contribution in [3.63, 3.8) is 0 Å². The van der Waals surface area contributed by atoms with Crippen LogP contribution in [0, 0.1) is 12.8 Å². The molecule has 5 nitrogen and oxygen atoms in total. The minimum absolute atomic E-state index is 0.0651. The highest BCUT2D eigenvalue weighted by molar-refractivity contribution is 5.79. The van der Waals surface area contributed by atoms with Gasteiger partial charge in [-0.1, -0.05) is 44.2 Å². The monoisotopic (exact) mass is 393 g/mol. The van der Waals surface area contributed by atoms with Crippen LogP contribution in [0.5, 0.6) is 5.75 Å². The van der Waals surface area contributed by atoms with Crippen LogP contribution in [0.3, 0.4) is 0 Å². The van der Waals surface area contributed by atoms with E-state index in [4.69, 9.17) is 9.72 Å². The number of carbonyl (C=O) groups is 1. The van der Waals surface area contributed by atoms with Crippen LogP contribution in [0.25, 0.3) is 11.0 Å². The summed E-state index contributed by atoms with van der Waals surface area (Å²) in [7, 11) is 0. The number of fused-ring (bicyclic) bond motifs is 1. The van der Waals surface area contributed by atoms with Gasteiger partial charge in [0.1, 0.15) is 11.6 Å². The summed E-state index contributed by atoms with van der Waals surface area (Å²) in [5.74, 6) is 1.99. The van der Waals surface area contributed by atoms with Gasteiger partial charge in [-0.3, -0.25) is 4.79 Å². The van der Waals surface area contributed by atoms with Crippen molar-refractivity contribution in [3.8, 4) is 5.75 Å². The van der Waals surface area contributed by atoms with Crippen molar-refractivity contribution in [1.82, 2.24) is 14.9 Å². The molecule has 0 unspecified atom stereocenters. The molecule has 0 bridgehead atoms. The predicted molar refractivity (Wildman–Crippen MR) is 117 cm³/mol. The first-order valence-corrected chi connectivity index (χ1v) is 10.5. The first-order chi connectivity index (χ1) is 14.1. The van der Waals surface area contributed by atoms with Crippen LogP contribution in [0.1, 0.15) is 44.5 Å². The number of hydrogen-bond acceptors (Lipinski definition) is 3. The number of ether oxygens (including phenoxy) is 1. The number of nitrogens with one attached hydrogen (secondary N) is 1. The number of aromatic nitrogens is 2. The number of rotatable bonds is 10. The Hall–Kier alpha value is -2.82. The molecule has 0 saturated heterocycles. The molecular formula is C24H31N3O2. The smallest absolute Gasteiger partial charge is 0.223 e. The lowest BCUT2D eigenvalue weighted by atomic mass is 10.0. The Morgan fingerprint density at radius 1 is 1.10 bits per heavy atom. The fourth-order valence-electron chi connectivity index (χ4n) is 3.60. The Labute approximate surface area is 173 Å². The van der Waals surface area contributed by atoms with Crippen molar-refractivity contribution >= 4 is 16.9 Å². The fourth-order valence-corrected chi connectivity index (χ4v) is 3.60. The summed E-state index contributed by atoms with van der Waals surface area (Å²) < 4.78 is 8.14. The zero-order valence-corrected chi connectivity index (χ0v) is 17.6. The van der Waals surface area contributed by atoms with Crippen molar-refractivity contribution in [1.29, 1.82) is 0 Å². The normalized spacial score (nSPS) is 11.2. The molecule has 154 valence electrons. The van der Waals surface area contributed by atoms with Gasteiger partial charge < -0.3 is 14.6 Å². The SMILES string of the molecule is CCC(CC)C(=O)NCc1nc2ccccc2n1CCCOc1ccccc1C. The maximum atomic E-state index is 12.4. The van der Waals surface area contributed by atoms with E-state index in [2.05, 4.69) is 42.8 Å².